The first-order chi connectivity index (χ1) is 13.1. The Kier molecular flexibility index (Phi) is 7.01. The Morgan fingerprint density at radius 3 is 2.67 bits per heavy atom. The van der Waals surface area contributed by atoms with E-state index in [1.54, 1.807) is 0 Å². The average Bonchev–Trinajstić information content (AvgIpc) is 3.00. The minimum Gasteiger partial charge on any atom is -0.334 e. The van der Waals surface area contributed by atoms with Gasteiger partial charge in [0.05, 0.1) is 6.61 Å². The third-order valence-corrected chi connectivity index (χ3v) is 5.33. The summed E-state index contributed by atoms with van der Waals surface area (Å²) in [7, 11) is 0. The van der Waals surface area contributed by atoms with Gasteiger partial charge in [0.15, 0.2) is 0 Å². The number of benzene rings is 2. The van der Waals surface area contributed by atoms with Crippen LogP contribution >= 0.6 is 15.9 Å². The first-order valence-electron chi connectivity index (χ1n) is 9.16. The summed E-state index contributed by atoms with van der Waals surface area (Å²) in [6.07, 6.45) is 2.98. The maximum Gasteiger partial charge on any atom is 0.254 e. The van der Waals surface area contributed by atoms with Crippen molar-refractivity contribution in [3.63, 3.8) is 0 Å². The van der Waals surface area contributed by atoms with Crippen LogP contribution in [-0.4, -0.2) is 23.3 Å². The Morgan fingerprint density at radius 2 is 1.89 bits per heavy atom. The van der Waals surface area contributed by atoms with E-state index in [-0.39, 0.29) is 11.8 Å². The standard InChI is InChI=1S/C21H23BrN2O3/c22-19-11-7-10-17-18(19)14-24(21(17)26)13-6-2-5-12-20(25)23-27-15-16-8-3-1-4-9-16/h1,3-4,7-11H,2,5-6,12-15H2,(H,23,25). The van der Waals surface area contributed by atoms with Crippen molar-refractivity contribution in [3.05, 3.63) is 69.7 Å². The molecule has 1 aliphatic rings. The number of hydroxylamine groups is 1. The molecule has 0 unspecified atom stereocenters. The van der Waals surface area contributed by atoms with Crippen LogP contribution in [0.25, 0.3) is 0 Å². The molecule has 1 heterocycles. The van der Waals surface area contributed by atoms with Gasteiger partial charge in [-0.15, -0.1) is 0 Å². The topological polar surface area (TPSA) is 58.6 Å². The number of unbranched alkanes of at least 4 members (excludes halogenated alkanes) is 2. The molecule has 2 amide bonds. The molecule has 0 saturated carbocycles. The highest BCUT2D eigenvalue weighted by Gasteiger charge is 2.27. The normalized spacial score (nSPS) is 12.9. The van der Waals surface area contributed by atoms with Crippen molar-refractivity contribution >= 4 is 27.7 Å². The van der Waals surface area contributed by atoms with Crippen LogP contribution in [0.5, 0.6) is 0 Å². The zero-order chi connectivity index (χ0) is 19.1. The van der Waals surface area contributed by atoms with Gasteiger partial charge in [-0.3, -0.25) is 14.4 Å². The molecule has 1 N–H and O–H groups in total. The lowest BCUT2D eigenvalue weighted by Gasteiger charge is -2.15. The number of fused-ring (bicyclic) bond motifs is 1. The zero-order valence-electron chi connectivity index (χ0n) is 15.1. The molecule has 0 atom stereocenters. The lowest BCUT2D eigenvalue weighted by atomic mass is 10.1. The largest absolute Gasteiger partial charge is 0.334 e. The molecule has 1 aliphatic heterocycles. The van der Waals surface area contributed by atoms with Crippen LogP contribution in [-0.2, 0) is 22.8 Å². The molecule has 2 aromatic carbocycles. The smallest absolute Gasteiger partial charge is 0.254 e. The van der Waals surface area contributed by atoms with Crippen LogP contribution in [0.2, 0.25) is 0 Å². The maximum atomic E-state index is 12.4. The van der Waals surface area contributed by atoms with Gasteiger partial charge in [-0.25, -0.2) is 5.48 Å². The summed E-state index contributed by atoms with van der Waals surface area (Å²) in [4.78, 5) is 31.3. The third-order valence-electron chi connectivity index (χ3n) is 4.58. The van der Waals surface area contributed by atoms with Gasteiger partial charge < -0.3 is 4.90 Å². The first kappa shape index (κ1) is 19.6. The van der Waals surface area contributed by atoms with E-state index in [0.717, 1.165) is 40.4 Å². The quantitative estimate of drug-likeness (QED) is 0.478. The van der Waals surface area contributed by atoms with Crippen molar-refractivity contribution < 1.29 is 14.4 Å². The first-order valence-corrected chi connectivity index (χ1v) is 9.95. The fraction of sp³-hybridized carbons (Fsp3) is 0.333. The van der Waals surface area contributed by atoms with Gasteiger partial charge in [-0.1, -0.05) is 58.7 Å². The van der Waals surface area contributed by atoms with Crippen molar-refractivity contribution in [2.45, 2.75) is 38.8 Å². The van der Waals surface area contributed by atoms with Crippen LogP contribution in [0.15, 0.2) is 53.0 Å². The van der Waals surface area contributed by atoms with Gasteiger partial charge in [-0.2, -0.15) is 0 Å². The fourth-order valence-electron chi connectivity index (χ4n) is 3.12. The summed E-state index contributed by atoms with van der Waals surface area (Å²) in [5.41, 5.74) is 5.35. The van der Waals surface area contributed by atoms with Crippen molar-refractivity contribution in [1.29, 1.82) is 0 Å². The van der Waals surface area contributed by atoms with Crippen molar-refractivity contribution in [3.8, 4) is 0 Å². The molecule has 3 rings (SSSR count). The Labute approximate surface area is 167 Å². The van der Waals surface area contributed by atoms with Gasteiger partial charge in [0, 0.05) is 29.5 Å². The molecule has 0 saturated heterocycles. The molecule has 0 spiro atoms. The molecule has 27 heavy (non-hydrogen) atoms. The lowest BCUT2D eigenvalue weighted by molar-refractivity contribution is -0.134. The number of amides is 2. The van der Waals surface area contributed by atoms with Crippen molar-refractivity contribution in [2.75, 3.05) is 6.54 Å². The molecule has 0 fully saturated rings. The summed E-state index contributed by atoms with van der Waals surface area (Å²) >= 11 is 3.51. The minimum atomic E-state index is -0.112. The molecular weight excluding hydrogens is 408 g/mol. The molecule has 0 radical (unpaired) electrons. The van der Waals surface area contributed by atoms with Crippen LogP contribution in [0.1, 0.15) is 47.2 Å². The summed E-state index contributed by atoms with van der Waals surface area (Å²) in [6, 6.07) is 15.4. The fourth-order valence-corrected chi connectivity index (χ4v) is 3.62. The summed E-state index contributed by atoms with van der Waals surface area (Å²) in [6.45, 7) is 1.73. The highest BCUT2D eigenvalue weighted by molar-refractivity contribution is 9.10. The number of halogens is 1. The maximum absolute atomic E-state index is 12.4. The van der Waals surface area contributed by atoms with Crippen LogP contribution in [0, 0.1) is 0 Å². The number of nitrogens with zero attached hydrogens (tertiary/aromatic N) is 1. The van der Waals surface area contributed by atoms with Crippen molar-refractivity contribution in [1.82, 2.24) is 10.4 Å². The number of carbonyl (C=O) groups is 2. The zero-order valence-corrected chi connectivity index (χ0v) is 16.7. The Morgan fingerprint density at radius 1 is 1.07 bits per heavy atom. The van der Waals surface area contributed by atoms with Crippen LogP contribution in [0.3, 0.4) is 0 Å². The summed E-state index contributed by atoms with van der Waals surface area (Å²) in [5, 5.41) is 0. The molecule has 6 heteroatoms. The number of carbonyl (C=O) groups excluding carboxylic acids is 2. The van der Waals surface area contributed by atoms with E-state index in [4.69, 9.17) is 4.84 Å². The Hall–Kier alpha value is -2.18. The lowest BCUT2D eigenvalue weighted by Crippen LogP contribution is -2.25. The number of rotatable bonds is 9. The van der Waals surface area contributed by atoms with Gasteiger partial charge in [-0.05, 0) is 36.1 Å². The number of hydrogen-bond acceptors (Lipinski definition) is 3. The summed E-state index contributed by atoms with van der Waals surface area (Å²) < 4.78 is 0.989. The molecule has 0 aromatic heterocycles. The van der Waals surface area contributed by atoms with E-state index in [0.29, 0.717) is 26.1 Å². The van der Waals surface area contributed by atoms with Crippen molar-refractivity contribution in [2.24, 2.45) is 0 Å². The predicted molar refractivity (Wildman–Crippen MR) is 107 cm³/mol. The van der Waals surface area contributed by atoms with Crippen LogP contribution in [0.4, 0.5) is 0 Å². The van der Waals surface area contributed by atoms with E-state index < -0.39 is 0 Å². The second kappa shape index (κ2) is 9.67. The second-order valence-electron chi connectivity index (χ2n) is 6.60. The van der Waals surface area contributed by atoms with Gasteiger partial charge in [0.25, 0.3) is 5.91 Å². The van der Waals surface area contributed by atoms with E-state index in [1.807, 2.05) is 53.4 Å². The molecule has 0 aliphatic carbocycles. The van der Waals surface area contributed by atoms with Gasteiger partial charge in [0.1, 0.15) is 0 Å². The molecule has 142 valence electrons. The highest BCUT2D eigenvalue weighted by Crippen LogP contribution is 2.29. The minimum absolute atomic E-state index is 0.0957. The predicted octanol–water partition coefficient (Wildman–Crippen LogP) is 4.21. The monoisotopic (exact) mass is 430 g/mol. The van der Waals surface area contributed by atoms with E-state index >= 15 is 0 Å². The molecular formula is C21H23BrN2O3. The van der Waals surface area contributed by atoms with E-state index in [2.05, 4.69) is 21.4 Å². The highest BCUT2D eigenvalue weighted by atomic mass is 79.9. The molecule has 2 aromatic rings. The molecule has 5 nitrogen and oxygen atoms in total. The third kappa shape index (κ3) is 5.40. The SMILES string of the molecule is O=C(CCCCCN1Cc2c(Br)cccc2C1=O)NOCc1ccccc1. The van der Waals surface area contributed by atoms with Gasteiger partial charge in [0.2, 0.25) is 5.91 Å². The number of nitrogens with one attached hydrogen (secondary N) is 1. The van der Waals surface area contributed by atoms with E-state index in [1.165, 1.54) is 0 Å². The van der Waals surface area contributed by atoms with Gasteiger partial charge >= 0.3 is 0 Å². The van der Waals surface area contributed by atoms with E-state index in [9.17, 15) is 9.59 Å². The van der Waals surface area contributed by atoms with Crippen LogP contribution < -0.4 is 5.48 Å². The second-order valence-corrected chi connectivity index (χ2v) is 7.46. The Bertz CT molecular complexity index is 795. The average molecular weight is 431 g/mol. The Balaban J connectivity index is 1.28. The summed E-state index contributed by atoms with van der Waals surface area (Å²) in [5.74, 6) is -0.0159. The number of hydrogen-bond donors (Lipinski definition) is 1. The molecule has 0 bridgehead atoms.